The van der Waals surface area contributed by atoms with Crippen LogP contribution in [-0.2, 0) is 7.05 Å². The third-order valence-electron chi connectivity index (χ3n) is 2.87. The first-order valence-electron chi connectivity index (χ1n) is 6.02. The van der Waals surface area contributed by atoms with Crippen molar-refractivity contribution in [2.24, 2.45) is 7.05 Å². The van der Waals surface area contributed by atoms with Crippen LogP contribution >= 0.6 is 23.2 Å². The van der Waals surface area contributed by atoms with Gasteiger partial charge in [0.2, 0.25) is 0 Å². The Morgan fingerprint density at radius 1 is 1.00 bits per heavy atom. The lowest BCUT2D eigenvalue weighted by atomic mass is 10.4. The molecule has 0 saturated heterocycles. The lowest BCUT2D eigenvalue weighted by Crippen LogP contribution is -1.85. The molecule has 4 heterocycles. The van der Waals surface area contributed by atoms with Crippen LogP contribution in [0.4, 0.5) is 0 Å². The van der Waals surface area contributed by atoms with Gasteiger partial charge in [-0.15, -0.1) is 0 Å². The second kappa shape index (κ2) is 5.67. The molecule has 0 atom stereocenters. The Hall–Kier alpha value is -2.18. The highest BCUT2D eigenvalue weighted by molar-refractivity contribution is 6.34. The van der Waals surface area contributed by atoms with Gasteiger partial charge in [-0.3, -0.25) is 0 Å². The van der Waals surface area contributed by atoms with Gasteiger partial charge < -0.3 is 9.55 Å². The molecule has 0 aliphatic rings. The average Bonchev–Trinajstić information content (AvgIpc) is 3.08. The first-order chi connectivity index (χ1) is 10.2. The van der Waals surface area contributed by atoms with Crippen molar-refractivity contribution in [3.05, 3.63) is 47.5 Å². The topological polar surface area (TPSA) is 72.3 Å². The average molecular weight is 321 g/mol. The number of hydrogen-bond donors (Lipinski definition) is 1. The van der Waals surface area contributed by atoms with Crippen molar-refractivity contribution in [3.63, 3.8) is 0 Å². The number of nitrogens with zero attached hydrogens (tertiary/aromatic N) is 5. The SMILES string of the molecule is Clc1nccc2[nH]cnc12.Cn1cnc2ccnc(Cl)c21. The van der Waals surface area contributed by atoms with Gasteiger partial charge in [0, 0.05) is 19.4 Å². The number of imidazole rings is 2. The summed E-state index contributed by atoms with van der Waals surface area (Å²) in [5.41, 5.74) is 3.41. The molecule has 0 unspecified atom stereocenters. The van der Waals surface area contributed by atoms with E-state index in [0.29, 0.717) is 10.3 Å². The van der Waals surface area contributed by atoms with Gasteiger partial charge in [0.1, 0.15) is 11.0 Å². The van der Waals surface area contributed by atoms with Crippen molar-refractivity contribution < 1.29 is 0 Å². The quantitative estimate of drug-likeness (QED) is 0.505. The number of H-pyrrole nitrogens is 1. The van der Waals surface area contributed by atoms with Crippen molar-refractivity contribution in [2.75, 3.05) is 0 Å². The second-order valence-corrected chi connectivity index (χ2v) is 4.94. The smallest absolute Gasteiger partial charge is 0.156 e. The highest BCUT2D eigenvalue weighted by atomic mass is 35.5. The van der Waals surface area contributed by atoms with E-state index in [0.717, 1.165) is 22.1 Å². The Morgan fingerprint density at radius 3 is 2.52 bits per heavy atom. The van der Waals surface area contributed by atoms with E-state index in [1.54, 1.807) is 25.0 Å². The fourth-order valence-corrected chi connectivity index (χ4v) is 2.38. The molecule has 8 heteroatoms. The first-order valence-corrected chi connectivity index (χ1v) is 6.77. The standard InChI is InChI=1S/C7H6ClN3.C6H4ClN3/c1-11-4-10-5-2-3-9-7(8)6(5)11;7-6-5-4(1-2-8-6)9-3-10-5/h2-4H,1H3;1-3H,(H,9,10). The highest BCUT2D eigenvalue weighted by Gasteiger charge is 2.03. The van der Waals surface area contributed by atoms with Crippen LogP contribution in [0.1, 0.15) is 0 Å². The lowest BCUT2D eigenvalue weighted by molar-refractivity contribution is 0.945. The van der Waals surface area contributed by atoms with Crippen molar-refractivity contribution in [3.8, 4) is 0 Å². The van der Waals surface area contributed by atoms with Crippen LogP contribution in [0.25, 0.3) is 22.1 Å². The van der Waals surface area contributed by atoms with Crippen LogP contribution in [-0.4, -0.2) is 29.5 Å². The third-order valence-corrected chi connectivity index (χ3v) is 3.43. The predicted molar refractivity (Wildman–Crippen MR) is 82.4 cm³/mol. The van der Waals surface area contributed by atoms with Gasteiger partial charge in [0.05, 0.1) is 23.7 Å². The molecule has 0 fully saturated rings. The molecule has 4 rings (SSSR count). The Labute approximate surface area is 129 Å². The summed E-state index contributed by atoms with van der Waals surface area (Å²) in [6.07, 6.45) is 6.61. The van der Waals surface area contributed by atoms with Gasteiger partial charge in [-0.25, -0.2) is 19.9 Å². The highest BCUT2D eigenvalue weighted by Crippen LogP contribution is 2.18. The van der Waals surface area contributed by atoms with Gasteiger partial charge in [0.15, 0.2) is 10.3 Å². The molecule has 0 aliphatic heterocycles. The maximum absolute atomic E-state index is 5.83. The Balaban J connectivity index is 0.000000126. The minimum absolute atomic E-state index is 0.443. The largest absolute Gasteiger partial charge is 0.344 e. The van der Waals surface area contributed by atoms with Crippen molar-refractivity contribution >= 4 is 45.3 Å². The number of nitrogens with one attached hydrogen (secondary N) is 1. The minimum atomic E-state index is 0.443. The fraction of sp³-hybridized carbons (Fsp3) is 0.0769. The summed E-state index contributed by atoms with van der Waals surface area (Å²) in [7, 11) is 1.89. The number of fused-ring (bicyclic) bond motifs is 2. The number of hydrogen-bond acceptors (Lipinski definition) is 4. The molecule has 4 aromatic heterocycles. The van der Waals surface area contributed by atoms with Crippen LogP contribution in [0.15, 0.2) is 37.2 Å². The Kier molecular flexibility index (Phi) is 3.72. The number of halogens is 2. The lowest BCUT2D eigenvalue weighted by Gasteiger charge is -1.94. The maximum atomic E-state index is 5.83. The zero-order valence-corrected chi connectivity index (χ0v) is 12.5. The van der Waals surface area contributed by atoms with Crippen molar-refractivity contribution in [1.82, 2.24) is 29.5 Å². The molecule has 0 aromatic carbocycles. The first kappa shape index (κ1) is 13.8. The molecule has 4 aromatic rings. The second-order valence-electron chi connectivity index (χ2n) is 4.23. The van der Waals surface area contributed by atoms with Crippen LogP contribution in [0.3, 0.4) is 0 Å². The van der Waals surface area contributed by atoms with E-state index < -0.39 is 0 Å². The Morgan fingerprint density at radius 2 is 1.76 bits per heavy atom. The molecule has 0 saturated carbocycles. The summed E-state index contributed by atoms with van der Waals surface area (Å²) >= 11 is 11.5. The number of pyridine rings is 2. The summed E-state index contributed by atoms with van der Waals surface area (Å²) in [5, 5.41) is 0.946. The van der Waals surface area contributed by atoms with Gasteiger partial charge in [-0.05, 0) is 12.1 Å². The molecule has 0 amide bonds. The van der Waals surface area contributed by atoms with Gasteiger partial charge >= 0.3 is 0 Å². The maximum Gasteiger partial charge on any atom is 0.156 e. The van der Waals surface area contributed by atoms with E-state index in [1.807, 2.05) is 23.7 Å². The van der Waals surface area contributed by atoms with Gasteiger partial charge in [0.25, 0.3) is 0 Å². The zero-order chi connectivity index (χ0) is 14.8. The molecule has 0 radical (unpaired) electrons. The van der Waals surface area contributed by atoms with Crippen molar-refractivity contribution in [2.45, 2.75) is 0 Å². The van der Waals surface area contributed by atoms with Crippen LogP contribution < -0.4 is 0 Å². The third kappa shape index (κ3) is 2.68. The summed E-state index contributed by atoms with van der Waals surface area (Å²) in [6, 6.07) is 3.66. The Bertz CT molecular complexity index is 898. The summed E-state index contributed by atoms with van der Waals surface area (Å²) in [4.78, 5) is 18.8. The molecule has 106 valence electrons. The van der Waals surface area contributed by atoms with Crippen LogP contribution in [0.2, 0.25) is 10.3 Å². The van der Waals surface area contributed by atoms with Crippen LogP contribution in [0, 0.1) is 0 Å². The van der Waals surface area contributed by atoms with Gasteiger partial charge in [-0.2, -0.15) is 0 Å². The molecular formula is C13H10Cl2N6. The predicted octanol–water partition coefficient (Wildman–Crippen LogP) is 3.23. The van der Waals surface area contributed by atoms with Crippen molar-refractivity contribution in [1.29, 1.82) is 0 Å². The number of aryl methyl sites for hydroxylation is 1. The van der Waals surface area contributed by atoms with E-state index in [4.69, 9.17) is 23.2 Å². The molecular weight excluding hydrogens is 311 g/mol. The molecule has 0 bridgehead atoms. The number of aromatic nitrogens is 6. The molecule has 21 heavy (non-hydrogen) atoms. The van der Waals surface area contributed by atoms with E-state index in [9.17, 15) is 0 Å². The summed E-state index contributed by atoms with van der Waals surface area (Å²) in [5.74, 6) is 0. The van der Waals surface area contributed by atoms with E-state index in [2.05, 4.69) is 24.9 Å². The zero-order valence-electron chi connectivity index (χ0n) is 11.0. The molecule has 0 aliphatic carbocycles. The van der Waals surface area contributed by atoms with Gasteiger partial charge in [-0.1, -0.05) is 23.2 Å². The summed E-state index contributed by atoms with van der Waals surface area (Å²) < 4.78 is 1.85. The number of rotatable bonds is 0. The number of aromatic amines is 1. The van der Waals surface area contributed by atoms with E-state index in [1.165, 1.54) is 0 Å². The van der Waals surface area contributed by atoms with Crippen LogP contribution in [0.5, 0.6) is 0 Å². The fourth-order valence-electron chi connectivity index (χ4n) is 1.89. The molecule has 6 nitrogen and oxygen atoms in total. The monoisotopic (exact) mass is 320 g/mol. The molecule has 1 N–H and O–H groups in total. The normalized spacial score (nSPS) is 10.6. The van der Waals surface area contributed by atoms with E-state index in [-0.39, 0.29) is 0 Å². The van der Waals surface area contributed by atoms with E-state index >= 15 is 0 Å². The summed E-state index contributed by atoms with van der Waals surface area (Å²) in [6.45, 7) is 0. The minimum Gasteiger partial charge on any atom is -0.344 e. The molecule has 0 spiro atoms.